The van der Waals surface area contributed by atoms with Crippen molar-refractivity contribution in [3.05, 3.63) is 23.8 Å². The Morgan fingerprint density at radius 1 is 1.40 bits per heavy atom. The highest BCUT2D eigenvalue weighted by Gasteiger charge is 1.83. The maximum atomic E-state index is 5.31. The molecule has 0 unspecified atom stereocenters. The SMILES string of the molecule is CCC=C(C=CCN)CC. The molecule has 0 saturated heterocycles. The van der Waals surface area contributed by atoms with Crippen molar-refractivity contribution in [3.8, 4) is 0 Å². The van der Waals surface area contributed by atoms with Gasteiger partial charge in [-0.25, -0.2) is 0 Å². The van der Waals surface area contributed by atoms with Crippen molar-refractivity contribution >= 4 is 0 Å². The molecule has 0 bridgehead atoms. The lowest BCUT2D eigenvalue weighted by Gasteiger charge is -1.93. The lowest BCUT2D eigenvalue weighted by Crippen LogP contribution is -1.92. The van der Waals surface area contributed by atoms with E-state index in [2.05, 4.69) is 26.0 Å². The van der Waals surface area contributed by atoms with Gasteiger partial charge in [-0.2, -0.15) is 0 Å². The number of hydrogen-bond donors (Lipinski definition) is 1. The fourth-order valence-electron chi connectivity index (χ4n) is 0.812. The molecule has 0 aromatic carbocycles. The van der Waals surface area contributed by atoms with E-state index in [1.165, 1.54) is 5.57 Å². The lowest BCUT2D eigenvalue weighted by atomic mass is 10.1. The second-order valence-corrected chi connectivity index (χ2v) is 2.18. The first-order valence-corrected chi connectivity index (χ1v) is 3.90. The summed E-state index contributed by atoms with van der Waals surface area (Å²) in [5.41, 5.74) is 6.70. The van der Waals surface area contributed by atoms with Gasteiger partial charge in [0, 0.05) is 6.54 Å². The molecular weight excluding hydrogens is 122 g/mol. The zero-order valence-corrected chi connectivity index (χ0v) is 6.93. The summed E-state index contributed by atoms with van der Waals surface area (Å²) in [5, 5.41) is 0. The van der Waals surface area contributed by atoms with Crippen molar-refractivity contribution in [2.24, 2.45) is 5.73 Å². The van der Waals surface area contributed by atoms with E-state index < -0.39 is 0 Å². The Morgan fingerprint density at radius 2 is 2.10 bits per heavy atom. The first-order chi connectivity index (χ1) is 4.85. The third-order valence-corrected chi connectivity index (χ3v) is 1.34. The molecule has 0 fully saturated rings. The Hall–Kier alpha value is -0.560. The van der Waals surface area contributed by atoms with Gasteiger partial charge in [-0.3, -0.25) is 0 Å². The third kappa shape index (κ3) is 4.33. The summed E-state index contributed by atoms with van der Waals surface area (Å²) >= 11 is 0. The van der Waals surface area contributed by atoms with E-state index >= 15 is 0 Å². The van der Waals surface area contributed by atoms with E-state index in [1.807, 2.05) is 6.08 Å². The maximum Gasteiger partial charge on any atom is 0.0110 e. The topological polar surface area (TPSA) is 26.0 Å². The van der Waals surface area contributed by atoms with Crippen LogP contribution >= 0.6 is 0 Å². The summed E-state index contributed by atoms with van der Waals surface area (Å²) in [7, 11) is 0. The van der Waals surface area contributed by atoms with Crippen LogP contribution in [0.2, 0.25) is 0 Å². The molecule has 58 valence electrons. The monoisotopic (exact) mass is 139 g/mol. The molecule has 0 rings (SSSR count). The van der Waals surface area contributed by atoms with E-state index in [9.17, 15) is 0 Å². The summed E-state index contributed by atoms with van der Waals surface area (Å²) in [4.78, 5) is 0. The number of rotatable bonds is 4. The molecule has 2 N–H and O–H groups in total. The number of allylic oxidation sites excluding steroid dienone is 3. The van der Waals surface area contributed by atoms with Crippen molar-refractivity contribution in [1.29, 1.82) is 0 Å². The van der Waals surface area contributed by atoms with Gasteiger partial charge in [-0.05, 0) is 12.8 Å². The zero-order chi connectivity index (χ0) is 7.82. The largest absolute Gasteiger partial charge is 0.327 e. The molecule has 1 nitrogen and oxygen atoms in total. The van der Waals surface area contributed by atoms with Crippen LogP contribution < -0.4 is 5.73 Å². The zero-order valence-electron chi connectivity index (χ0n) is 6.93. The summed E-state index contributed by atoms with van der Waals surface area (Å²) in [5.74, 6) is 0. The van der Waals surface area contributed by atoms with Gasteiger partial charge in [0.25, 0.3) is 0 Å². The molecule has 10 heavy (non-hydrogen) atoms. The van der Waals surface area contributed by atoms with Crippen LogP contribution in [0.1, 0.15) is 26.7 Å². The minimum atomic E-state index is 0.640. The molecule has 0 aliphatic heterocycles. The first kappa shape index (κ1) is 9.44. The molecule has 0 amide bonds. The number of nitrogens with two attached hydrogens (primary N) is 1. The predicted molar refractivity (Wildman–Crippen MR) is 46.9 cm³/mol. The molecule has 0 radical (unpaired) electrons. The van der Waals surface area contributed by atoms with Gasteiger partial charge in [0.15, 0.2) is 0 Å². The predicted octanol–water partition coefficient (Wildman–Crippen LogP) is 2.25. The minimum absolute atomic E-state index is 0.640. The van der Waals surface area contributed by atoms with E-state index in [0.717, 1.165) is 12.8 Å². The smallest absolute Gasteiger partial charge is 0.0110 e. The second kappa shape index (κ2) is 6.56. The quantitative estimate of drug-likeness (QED) is 0.594. The van der Waals surface area contributed by atoms with Crippen LogP contribution in [0.25, 0.3) is 0 Å². The van der Waals surface area contributed by atoms with E-state index in [0.29, 0.717) is 6.54 Å². The number of hydrogen-bond acceptors (Lipinski definition) is 1. The molecule has 0 spiro atoms. The summed E-state index contributed by atoms with van der Waals surface area (Å²) < 4.78 is 0. The first-order valence-electron chi connectivity index (χ1n) is 3.90. The average Bonchev–Trinajstić information content (AvgIpc) is 1.98. The fourth-order valence-corrected chi connectivity index (χ4v) is 0.812. The molecule has 0 atom stereocenters. The van der Waals surface area contributed by atoms with Crippen molar-refractivity contribution in [2.45, 2.75) is 26.7 Å². The Balaban J connectivity index is 3.82. The normalized spacial score (nSPS) is 12.9. The van der Waals surface area contributed by atoms with Gasteiger partial charge >= 0.3 is 0 Å². The van der Waals surface area contributed by atoms with Gasteiger partial charge in [-0.15, -0.1) is 0 Å². The van der Waals surface area contributed by atoms with Crippen LogP contribution in [0.5, 0.6) is 0 Å². The van der Waals surface area contributed by atoms with Gasteiger partial charge in [-0.1, -0.05) is 37.6 Å². The summed E-state index contributed by atoms with van der Waals surface area (Å²) in [6.07, 6.45) is 8.53. The Bertz CT molecular complexity index is 123. The fraction of sp³-hybridized carbons (Fsp3) is 0.556. The van der Waals surface area contributed by atoms with E-state index in [-0.39, 0.29) is 0 Å². The van der Waals surface area contributed by atoms with Gasteiger partial charge in [0.2, 0.25) is 0 Å². The molecule has 0 aromatic rings. The van der Waals surface area contributed by atoms with Crippen LogP contribution in [0.15, 0.2) is 23.8 Å². The average molecular weight is 139 g/mol. The van der Waals surface area contributed by atoms with Crippen LogP contribution in [-0.4, -0.2) is 6.54 Å². The highest BCUT2D eigenvalue weighted by atomic mass is 14.5. The van der Waals surface area contributed by atoms with Crippen molar-refractivity contribution in [3.63, 3.8) is 0 Å². The van der Waals surface area contributed by atoms with Crippen molar-refractivity contribution in [1.82, 2.24) is 0 Å². The molecule has 0 saturated carbocycles. The van der Waals surface area contributed by atoms with Gasteiger partial charge < -0.3 is 5.73 Å². The van der Waals surface area contributed by atoms with Crippen LogP contribution in [-0.2, 0) is 0 Å². The second-order valence-electron chi connectivity index (χ2n) is 2.18. The third-order valence-electron chi connectivity index (χ3n) is 1.34. The van der Waals surface area contributed by atoms with Crippen LogP contribution in [0.4, 0.5) is 0 Å². The van der Waals surface area contributed by atoms with Crippen molar-refractivity contribution in [2.75, 3.05) is 6.54 Å². The molecule has 1 heteroatoms. The highest BCUT2D eigenvalue weighted by molar-refractivity contribution is 5.17. The highest BCUT2D eigenvalue weighted by Crippen LogP contribution is 2.02. The van der Waals surface area contributed by atoms with Gasteiger partial charge in [0.1, 0.15) is 0 Å². The minimum Gasteiger partial charge on any atom is -0.327 e. The Labute approximate surface area is 63.6 Å². The maximum absolute atomic E-state index is 5.31. The lowest BCUT2D eigenvalue weighted by molar-refractivity contribution is 1.09. The van der Waals surface area contributed by atoms with E-state index in [1.54, 1.807) is 0 Å². The standard InChI is InChI=1S/C9H17N/c1-3-6-9(4-2)7-5-8-10/h5-7H,3-4,8,10H2,1-2H3. The molecular formula is C9H17N. The van der Waals surface area contributed by atoms with Crippen molar-refractivity contribution < 1.29 is 0 Å². The molecule has 0 aliphatic rings. The Morgan fingerprint density at radius 3 is 2.50 bits per heavy atom. The van der Waals surface area contributed by atoms with E-state index in [4.69, 9.17) is 5.73 Å². The molecule has 0 heterocycles. The molecule has 0 aliphatic carbocycles. The summed E-state index contributed by atoms with van der Waals surface area (Å²) in [6.45, 7) is 4.94. The van der Waals surface area contributed by atoms with Crippen LogP contribution in [0, 0.1) is 0 Å². The Kier molecular flexibility index (Phi) is 6.19. The summed E-state index contributed by atoms with van der Waals surface area (Å²) in [6, 6.07) is 0. The molecule has 0 aromatic heterocycles. The van der Waals surface area contributed by atoms with Crippen LogP contribution in [0.3, 0.4) is 0 Å². The van der Waals surface area contributed by atoms with Gasteiger partial charge in [0.05, 0.1) is 0 Å².